The van der Waals surface area contributed by atoms with Gasteiger partial charge in [-0.1, -0.05) is 18.1 Å². The van der Waals surface area contributed by atoms with Gasteiger partial charge in [0.25, 0.3) is 0 Å². The predicted molar refractivity (Wildman–Crippen MR) is 79.8 cm³/mol. The van der Waals surface area contributed by atoms with E-state index >= 15 is 0 Å². The summed E-state index contributed by atoms with van der Waals surface area (Å²) in [5, 5.41) is 13.7. The molecule has 0 aliphatic heterocycles. The van der Waals surface area contributed by atoms with E-state index in [9.17, 15) is 0 Å². The molecule has 3 rings (SSSR count). The Balaban J connectivity index is 1.65. The lowest BCUT2D eigenvalue weighted by atomic mass is 10.4. The van der Waals surface area contributed by atoms with Crippen molar-refractivity contribution in [2.75, 3.05) is 11.4 Å². The van der Waals surface area contributed by atoms with Gasteiger partial charge in [0.05, 0.1) is 13.1 Å². The van der Waals surface area contributed by atoms with E-state index in [4.69, 9.17) is 4.42 Å². The third-order valence-electron chi connectivity index (χ3n) is 3.30. The Morgan fingerprint density at radius 1 is 1.45 bits per heavy atom. The van der Waals surface area contributed by atoms with Gasteiger partial charge >= 0.3 is 6.01 Å². The summed E-state index contributed by atoms with van der Waals surface area (Å²) in [6.45, 7) is 4.63. The standard InChI is InChI=1S/C14H20N4OS/c1-2-7-15-9-13-16-17-14(19-13)18(11-5-6-11)10-12-4-3-8-20-12/h3-4,8,11,15H,2,5-7,9-10H2,1H3. The fourth-order valence-corrected chi connectivity index (χ4v) is 2.82. The van der Waals surface area contributed by atoms with Gasteiger partial charge < -0.3 is 14.6 Å². The number of thiophene rings is 1. The van der Waals surface area contributed by atoms with Gasteiger partial charge in [0.1, 0.15) is 0 Å². The van der Waals surface area contributed by atoms with Crippen molar-refractivity contribution < 1.29 is 4.42 Å². The number of anilines is 1. The van der Waals surface area contributed by atoms with Crippen molar-refractivity contribution in [2.24, 2.45) is 0 Å². The average Bonchev–Trinajstić information content (AvgIpc) is 2.98. The number of rotatable bonds is 8. The van der Waals surface area contributed by atoms with Crippen molar-refractivity contribution in [1.29, 1.82) is 0 Å². The maximum atomic E-state index is 5.79. The topological polar surface area (TPSA) is 54.2 Å². The van der Waals surface area contributed by atoms with Crippen LogP contribution in [0.3, 0.4) is 0 Å². The zero-order chi connectivity index (χ0) is 13.8. The molecule has 2 heterocycles. The first kappa shape index (κ1) is 13.6. The van der Waals surface area contributed by atoms with Crippen LogP contribution >= 0.6 is 11.3 Å². The highest BCUT2D eigenvalue weighted by Crippen LogP contribution is 2.32. The summed E-state index contributed by atoms with van der Waals surface area (Å²) < 4.78 is 5.79. The first-order valence-corrected chi connectivity index (χ1v) is 8.07. The second-order valence-corrected chi connectivity index (χ2v) is 6.13. The number of nitrogens with one attached hydrogen (secondary N) is 1. The Morgan fingerprint density at radius 2 is 2.35 bits per heavy atom. The van der Waals surface area contributed by atoms with E-state index < -0.39 is 0 Å². The molecule has 1 fully saturated rings. The SMILES string of the molecule is CCCNCc1nnc(N(Cc2cccs2)C2CC2)o1. The molecule has 1 N–H and O–H groups in total. The largest absolute Gasteiger partial charge is 0.407 e. The van der Waals surface area contributed by atoms with E-state index in [1.54, 1.807) is 11.3 Å². The smallest absolute Gasteiger partial charge is 0.318 e. The molecule has 20 heavy (non-hydrogen) atoms. The van der Waals surface area contributed by atoms with E-state index in [0.717, 1.165) is 19.5 Å². The van der Waals surface area contributed by atoms with E-state index in [0.29, 0.717) is 24.5 Å². The molecule has 0 saturated heterocycles. The Morgan fingerprint density at radius 3 is 3.05 bits per heavy atom. The van der Waals surface area contributed by atoms with Crippen LogP contribution in [0.5, 0.6) is 0 Å². The van der Waals surface area contributed by atoms with Crippen LogP contribution in [0.15, 0.2) is 21.9 Å². The first-order valence-electron chi connectivity index (χ1n) is 7.19. The van der Waals surface area contributed by atoms with Crippen molar-refractivity contribution in [3.05, 3.63) is 28.3 Å². The minimum Gasteiger partial charge on any atom is -0.407 e. The molecule has 2 aromatic rings. The summed E-state index contributed by atoms with van der Waals surface area (Å²) in [6.07, 6.45) is 3.54. The third-order valence-corrected chi connectivity index (χ3v) is 4.16. The Bertz CT molecular complexity index is 521. The van der Waals surface area contributed by atoms with Crippen molar-refractivity contribution in [3.63, 3.8) is 0 Å². The quantitative estimate of drug-likeness (QED) is 0.758. The van der Waals surface area contributed by atoms with Crippen molar-refractivity contribution in [3.8, 4) is 0 Å². The zero-order valence-corrected chi connectivity index (χ0v) is 12.5. The molecule has 0 bridgehead atoms. The fourth-order valence-electron chi connectivity index (χ4n) is 2.11. The number of aromatic nitrogens is 2. The molecule has 2 aromatic heterocycles. The van der Waals surface area contributed by atoms with Crippen LogP contribution in [-0.4, -0.2) is 22.8 Å². The number of hydrogen-bond acceptors (Lipinski definition) is 6. The predicted octanol–water partition coefficient (Wildman–Crippen LogP) is 2.80. The van der Waals surface area contributed by atoms with Crippen molar-refractivity contribution in [2.45, 2.75) is 45.3 Å². The van der Waals surface area contributed by atoms with E-state index in [1.165, 1.54) is 17.7 Å². The summed E-state index contributed by atoms with van der Waals surface area (Å²) >= 11 is 1.77. The van der Waals surface area contributed by atoms with E-state index in [1.807, 2.05) is 0 Å². The summed E-state index contributed by atoms with van der Waals surface area (Å²) in [5.74, 6) is 0.672. The molecule has 1 aliphatic carbocycles. The van der Waals surface area contributed by atoms with Crippen LogP contribution in [0, 0.1) is 0 Å². The van der Waals surface area contributed by atoms with Gasteiger partial charge in [0.2, 0.25) is 5.89 Å². The summed E-state index contributed by atoms with van der Waals surface area (Å²) in [5.41, 5.74) is 0. The van der Waals surface area contributed by atoms with E-state index in [-0.39, 0.29) is 0 Å². The van der Waals surface area contributed by atoms with Crippen LogP contribution < -0.4 is 10.2 Å². The molecule has 6 heteroatoms. The first-order chi connectivity index (χ1) is 9.86. The molecular weight excluding hydrogens is 272 g/mol. The molecule has 1 saturated carbocycles. The molecule has 1 aliphatic rings. The van der Waals surface area contributed by atoms with Gasteiger partial charge in [-0.2, -0.15) is 0 Å². The molecule has 0 spiro atoms. The molecule has 0 amide bonds. The molecule has 0 atom stereocenters. The lowest BCUT2D eigenvalue weighted by Gasteiger charge is -2.18. The van der Waals surface area contributed by atoms with Crippen LogP contribution in [0.25, 0.3) is 0 Å². The second-order valence-electron chi connectivity index (χ2n) is 5.09. The van der Waals surface area contributed by atoms with Crippen molar-refractivity contribution >= 4 is 17.4 Å². The molecule has 5 nitrogen and oxygen atoms in total. The monoisotopic (exact) mass is 292 g/mol. The van der Waals surface area contributed by atoms with Crippen molar-refractivity contribution in [1.82, 2.24) is 15.5 Å². The maximum Gasteiger partial charge on any atom is 0.318 e. The van der Waals surface area contributed by atoms with Gasteiger partial charge in [-0.15, -0.1) is 16.4 Å². The maximum absolute atomic E-state index is 5.79. The average molecular weight is 292 g/mol. The second kappa shape index (κ2) is 6.37. The number of nitrogens with zero attached hydrogens (tertiary/aromatic N) is 3. The summed E-state index contributed by atoms with van der Waals surface area (Å²) in [6, 6.07) is 5.46. The molecule has 0 unspecified atom stereocenters. The number of hydrogen-bond donors (Lipinski definition) is 1. The van der Waals surface area contributed by atoms with E-state index in [2.05, 4.69) is 44.9 Å². The van der Waals surface area contributed by atoms with Crippen LogP contribution in [-0.2, 0) is 13.1 Å². The van der Waals surface area contributed by atoms with Crippen LogP contribution in [0.1, 0.15) is 37.0 Å². The van der Waals surface area contributed by atoms with Gasteiger partial charge in [-0.05, 0) is 37.3 Å². The molecule has 0 radical (unpaired) electrons. The minimum absolute atomic E-state index is 0.564. The lowest BCUT2D eigenvalue weighted by molar-refractivity contribution is 0.459. The minimum atomic E-state index is 0.564. The summed E-state index contributed by atoms with van der Waals surface area (Å²) in [4.78, 5) is 3.57. The lowest BCUT2D eigenvalue weighted by Crippen LogP contribution is -2.24. The summed E-state index contributed by atoms with van der Waals surface area (Å²) in [7, 11) is 0. The Labute approximate surface area is 123 Å². The molecular formula is C14H20N4OS. The fraction of sp³-hybridized carbons (Fsp3) is 0.571. The van der Waals surface area contributed by atoms with Gasteiger partial charge in [-0.3, -0.25) is 0 Å². The zero-order valence-electron chi connectivity index (χ0n) is 11.7. The molecule has 0 aromatic carbocycles. The molecule has 108 valence electrons. The van der Waals surface area contributed by atoms with Crippen LogP contribution in [0.2, 0.25) is 0 Å². The Kier molecular flexibility index (Phi) is 4.32. The van der Waals surface area contributed by atoms with Gasteiger partial charge in [-0.25, -0.2) is 0 Å². The highest BCUT2D eigenvalue weighted by Gasteiger charge is 2.32. The Hall–Kier alpha value is -1.40. The van der Waals surface area contributed by atoms with Crippen LogP contribution in [0.4, 0.5) is 6.01 Å². The van der Waals surface area contributed by atoms with Gasteiger partial charge in [0, 0.05) is 10.9 Å². The highest BCUT2D eigenvalue weighted by molar-refractivity contribution is 7.09. The highest BCUT2D eigenvalue weighted by atomic mass is 32.1. The third kappa shape index (κ3) is 3.37. The normalized spacial score (nSPS) is 14.7. The van der Waals surface area contributed by atoms with Gasteiger partial charge in [0.15, 0.2) is 0 Å².